The molecule has 14 heavy (non-hydrogen) atoms. The van der Waals surface area contributed by atoms with Crippen LogP contribution >= 0.6 is 15.9 Å². The van der Waals surface area contributed by atoms with Crippen LogP contribution in [0.1, 0.15) is 27.7 Å². The van der Waals surface area contributed by atoms with Crippen LogP contribution in [-0.2, 0) is 4.74 Å². The maximum atomic E-state index is 5.71. The van der Waals surface area contributed by atoms with Crippen molar-refractivity contribution in [1.29, 1.82) is 0 Å². The molecule has 1 heterocycles. The monoisotopic (exact) mass is 263 g/mol. The molecule has 0 radical (unpaired) electrons. The Bertz CT molecular complexity index is 174. The summed E-state index contributed by atoms with van der Waals surface area (Å²) in [5.74, 6) is 0. The first-order valence-corrected chi connectivity index (χ1v) is 6.49. The normalized spacial score (nSPS) is 30.6. The lowest BCUT2D eigenvalue weighted by Crippen LogP contribution is -2.48. The van der Waals surface area contributed by atoms with Gasteiger partial charge in [0, 0.05) is 25.0 Å². The van der Waals surface area contributed by atoms with Gasteiger partial charge in [-0.25, -0.2) is 0 Å². The largest absolute Gasteiger partial charge is 0.373 e. The zero-order valence-electron chi connectivity index (χ0n) is 9.72. The van der Waals surface area contributed by atoms with Gasteiger partial charge in [-0.3, -0.25) is 4.90 Å². The highest BCUT2D eigenvalue weighted by Crippen LogP contribution is 2.22. The molecule has 1 saturated heterocycles. The Hall–Kier alpha value is 0.400. The minimum absolute atomic E-state index is 0.358. The SMILES string of the molecule is C[C@@H]1CN(CC(C)(C)CBr)C[C@H](C)O1. The van der Waals surface area contributed by atoms with Gasteiger partial charge in [0.2, 0.25) is 0 Å². The standard InChI is InChI=1S/C11H22BrNO/c1-9-5-13(6-10(2)14-9)8-11(3,4)7-12/h9-10H,5-8H2,1-4H3/t9-,10+. The fourth-order valence-corrected chi connectivity index (χ4v) is 2.24. The number of nitrogens with zero attached hydrogens (tertiary/aromatic N) is 1. The Kier molecular flexibility index (Phi) is 4.41. The first-order valence-electron chi connectivity index (χ1n) is 5.37. The molecule has 0 aromatic rings. The minimum atomic E-state index is 0.358. The van der Waals surface area contributed by atoms with Gasteiger partial charge in [-0.15, -0.1) is 0 Å². The van der Waals surface area contributed by atoms with Gasteiger partial charge in [0.1, 0.15) is 0 Å². The number of morpholine rings is 1. The van der Waals surface area contributed by atoms with Crippen LogP contribution in [0.4, 0.5) is 0 Å². The van der Waals surface area contributed by atoms with Gasteiger partial charge in [0.15, 0.2) is 0 Å². The molecule has 2 nitrogen and oxygen atoms in total. The van der Waals surface area contributed by atoms with Crippen molar-refractivity contribution in [2.75, 3.05) is 25.0 Å². The average molecular weight is 264 g/mol. The molecule has 1 rings (SSSR count). The van der Waals surface area contributed by atoms with Crippen molar-refractivity contribution in [1.82, 2.24) is 4.90 Å². The Morgan fingerprint density at radius 1 is 1.29 bits per heavy atom. The lowest BCUT2D eigenvalue weighted by atomic mass is 9.95. The third-order valence-electron chi connectivity index (χ3n) is 2.51. The summed E-state index contributed by atoms with van der Waals surface area (Å²) < 4.78 is 5.71. The smallest absolute Gasteiger partial charge is 0.0678 e. The van der Waals surface area contributed by atoms with E-state index in [1.807, 2.05) is 0 Å². The highest BCUT2D eigenvalue weighted by molar-refractivity contribution is 9.09. The van der Waals surface area contributed by atoms with E-state index >= 15 is 0 Å². The van der Waals surface area contributed by atoms with E-state index in [0.717, 1.165) is 25.0 Å². The van der Waals surface area contributed by atoms with Crippen LogP contribution in [0.2, 0.25) is 0 Å². The van der Waals surface area contributed by atoms with Crippen LogP contribution in [-0.4, -0.2) is 42.1 Å². The summed E-state index contributed by atoms with van der Waals surface area (Å²) in [6, 6.07) is 0. The summed E-state index contributed by atoms with van der Waals surface area (Å²) in [5.41, 5.74) is 0.358. The van der Waals surface area contributed by atoms with E-state index in [-0.39, 0.29) is 0 Å². The van der Waals surface area contributed by atoms with Crippen molar-refractivity contribution in [3.8, 4) is 0 Å². The van der Waals surface area contributed by atoms with Crippen molar-refractivity contribution < 1.29 is 4.74 Å². The Labute approximate surface area is 96.1 Å². The van der Waals surface area contributed by atoms with Gasteiger partial charge >= 0.3 is 0 Å². The predicted octanol–water partition coefficient (Wildman–Crippen LogP) is 2.52. The van der Waals surface area contributed by atoms with Crippen LogP contribution in [0.15, 0.2) is 0 Å². The number of ether oxygens (including phenoxy) is 1. The molecule has 3 heteroatoms. The quantitative estimate of drug-likeness (QED) is 0.726. The van der Waals surface area contributed by atoms with Crippen molar-refractivity contribution in [2.24, 2.45) is 5.41 Å². The molecule has 0 aromatic heterocycles. The van der Waals surface area contributed by atoms with Crippen LogP contribution < -0.4 is 0 Å². The van der Waals surface area contributed by atoms with E-state index in [0.29, 0.717) is 17.6 Å². The summed E-state index contributed by atoms with van der Waals surface area (Å²) in [6.07, 6.45) is 0.759. The van der Waals surface area contributed by atoms with Gasteiger partial charge in [-0.2, -0.15) is 0 Å². The number of hydrogen-bond acceptors (Lipinski definition) is 2. The van der Waals surface area contributed by atoms with Gasteiger partial charge in [-0.05, 0) is 19.3 Å². The van der Waals surface area contributed by atoms with E-state index in [4.69, 9.17) is 4.74 Å². The molecule has 0 aromatic carbocycles. The van der Waals surface area contributed by atoms with Crippen molar-refractivity contribution >= 4 is 15.9 Å². The van der Waals surface area contributed by atoms with E-state index in [2.05, 4.69) is 48.5 Å². The summed E-state index contributed by atoms with van der Waals surface area (Å²) >= 11 is 3.57. The number of rotatable bonds is 3. The fraction of sp³-hybridized carbons (Fsp3) is 1.00. The Morgan fingerprint density at radius 3 is 2.21 bits per heavy atom. The maximum Gasteiger partial charge on any atom is 0.0678 e. The zero-order chi connectivity index (χ0) is 10.8. The second-order valence-electron chi connectivity index (χ2n) is 5.25. The van der Waals surface area contributed by atoms with Crippen LogP contribution in [0.25, 0.3) is 0 Å². The molecule has 0 unspecified atom stereocenters. The van der Waals surface area contributed by atoms with Crippen molar-refractivity contribution in [3.05, 3.63) is 0 Å². The highest BCUT2D eigenvalue weighted by Gasteiger charge is 2.27. The minimum Gasteiger partial charge on any atom is -0.373 e. The molecule has 1 aliphatic heterocycles. The average Bonchev–Trinajstić information content (AvgIpc) is 2.01. The van der Waals surface area contributed by atoms with Crippen LogP contribution in [0.5, 0.6) is 0 Å². The zero-order valence-corrected chi connectivity index (χ0v) is 11.3. The van der Waals surface area contributed by atoms with Crippen LogP contribution in [0.3, 0.4) is 0 Å². The third-order valence-corrected chi connectivity index (χ3v) is 4.03. The Balaban J connectivity index is 2.44. The molecule has 0 N–H and O–H groups in total. The van der Waals surface area contributed by atoms with E-state index in [1.54, 1.807) is 0 Å². The molecule has 1 aliphatic rings. The summed E-state index contributed by atoms with van der Waals surface area (Å²) in [6.45, 7) is 12.2. The molecule has 0 bridgehead atoms. The lowest BCUT2D eigenvalue weighted by Gasteiger charge is -2.39. The molecule has 0 aliphatic carbocycles. The van der Waals surface area contributed by atoms with Gasteiger partial charge in [0.25, 0.3) is 0 Å². The molecule has 2 atom stereocenters. The molecule has 0 amide bonds. The van der Waals surface area contributed by atoms with Gasteiger partial charge < -0.3 is 4.74 Å². The van der Waals surface area contributed by atoms with E-state index in [9.17, 15) is 0 Å². The molecule has 0 spiro atoms. The van der Waals surface area contributed by atoms with Crippen molar-refractivity contribution in [3.63, 3.8) is 0 Å². The third kappa shape index (κ3) is 3.87. The fourth-order valence-electron chi connectivity index (χ4n) is 2.06. The summed E-state index contributed by atoms with van der Waals surface area (Å²) in [5, 5.41) is 1.06. The highest BCUT2D eigenvalue weighted by atomic mass is 79.9. The van der Waals surface area contributed by atoms with Crippen LogP contribution in [0, 0.1) is 5.41 Å². The number of alkyl halides is 1. The first kappa shape index (κ1) is 12.5. The molecular weight excluding hydrogens is 242 g/mol. The maximum absolute atomic E-state index is 5.71. The van der Waals surface area contributed by atoms with E-state index < -0.39 is 0 Å². The topological polar surface area (TPSA) is 12.5 Å². The van der Waals surface area contributed by atoms with Gasteiger partial charge in [-0.1, -0.05) is 29.8 Å². The molecule has 84 valence electrons. The van der Waals surface area contributed by atoms with Gasteiger partial charge in [0.05, 0.1) is 12.2 Å². The lowest BCUT2D eigenvalue weighted by molar-refractivity contribution is -0.0744. The first-order chi connectivity index (χ1) is 6.43. The van der Waals surface area contributed by atoms with E-state index in [1.165, 1.54) is 0 Å². The summed E-state index contributed by atoms with van der Waals surface area (Å²) in [4.78, 5) is 2.51. The molecular formula is C11H22BrNO. The van der Waals surface area contributed by atoms with Crippen molar-refractivity contribution in [2.45, 2.75) is 39.9 Å². The predicted molar refractivity (Wildman–Crippen MR) is 64.0 cm³/mol. The number of halogens is 1. The Morgan fingerprint density at radius 2 is 1.79 bits per heavy atom. The summed E-state index contributed by atoms with van der Waals surface area (Å²) in [7, 11) is 0. The number of hydrogen-bond donors (Lipinski definition) is 0. The molecule has 1 fully saturated rings. The second-order valence-corrected chi connectivity index (χ2v) is 5.81. The second kappa shape index (κ2) is 4.95. The molecule has 0 saturated carbocycles.